The van der Waals surface area contributed by atoms with Gasteiger partial charge in [0.25, 0.3) is 6.04 Å². The lowest BCUT2D eigenvalue weighted by Gasteiger charge is -2.04. The number of aromatic amines is 1. The molecule has 0 fully saturated rings. The summed E-state index contributed by atoms with van der Waals surface area (Å²) in [6, 6.07) is 10.1. The van der Waals surface area contributed by atoms with Crippen LogP contribution in [0.1, 0.15) is 51.2 Å². The lowest BCUT2D eigenvalue weighted by Crippen LogP contribution is -1.89. The molecule has 1 heterocycles. The summed E-state index contributed by atoms with van der Waals surface area (Å²) >= 11 is 0. The van der Waals surface area contributed by atoms with E-state index < -0.39 is 0 Å². The maximum Gasteiger partial charge on any atom is 0.313 e. The van der Waals surface area contributed by atoms with Crippen molar-refractivity contribution in [3.8, 4) is 6.07 Å². The number of benzene rings is 1. The molecule has 2 nitrogen and oxygen atoms in total. The van der Waals surface area contributed by atoms with Crippen LogP contribution in [-0.2, 0) is 0 Å². The topological polar surface area (TPSA) is 20.1 Å². The molecule has 0 aliphatic rings. The van der Waals surface area contributed by atoms with Gasteiger partial charge in [0, 0.05) is 30.4 Å². The summed E-state index contributed by atoms with van der Waals surface area (Å²) in [5.41, 5.74) is 3.58. The number of H-pyrrole nitrogens is 1. The number of nitrogens with zero attached hydrogens (tertiary/aromatic N) is 1. The van der Waals surface area contributed by atoms with Crippen molar-refractivity contribution in [2.24, 2.45) is 0 Å². The predicted octanol–water partition coefficient (Wildman–Crippen LogP) is 4.77. The highest BCUT2D eigenvalue weighted by Gasteiger charge is 2.09. The largest absolute Gasteiger partial charge is 0.360 e. The Balaban J connectivity index is 2.39. The van der Waals surface area contributed by atoms with Crippen LogP contribution in [0.2, 0.25) is 0 Å². The molecule has 1 N–H and O–H groups in total. The first-order chi connectivity index (χ1) is 8.61. The first-order valence-corrected chi connectivity index (χ1v) is 6.68. The average Bonchev–Trinajstić information content (AvgIpc) is 2.78. The molecule has 1 aromatic carbocycles. The summed E-state index contributed by atoms with van der Waals surface area (Å²) < 4.78 is 0. The minimum atomic E-state index is 0.338. The van der Waals surface area contributed by atoms with Crippen molar-refractivity contribution in [3.63, 3.8) is 0 Å². The second-order valence-corrected chi connectivity index (χ2v) is 5.16. The van der Waals surface area contributed by atoms with Crippen molar-refractivity contribution < 1.29 is 0 Å². The fraction of sp³-hybridized carbons (Fsp3) is 0.438. The summed E-state index contributed by atoms with van der Waals surface area (Å²) in [4.78, 5) is 7.73. The monoisotopic (exact) mass is 241 g/mol. The van der Waals surface area contributed by atoms with E-state index in [0.717, 1.165) is 12.0 Å². The minimum absolute atomic E-state index is 0.338. The normalized spacial score (nSPS) is 12.5. The van der Waals surface area contributed by atoms with Crippen LogP contribution in [0.5, 0.6) is 0 Å². The van der Waals surface area contributed by atoms with Gasteiger partial charge in [-0.1, -0.05) is 37.7 Å². The molecule has 0 amide bonds. The van der Waals surface area contributed by atoms with Crippen molar-refractivity contribution in [3.05, 3.63) is 40.4 Å². The molecule has 0 spiro atoms. The quantitative estimate of drug-likeness (QED) is 0.781. The highest BCUT2D eigenvalue weighted by atomic mass is 14.7. The van der Waals surface area contributed by atoms with E-state index in [1.54, 1.807) is 0 Å². The third-order valence-corrected chi connectivity index (χ3v) is 3.37. The zero-order chi connectivity index (χ0) is 13.1. The molecule has 0 radical (unpaired) electrons. The molecule has 94 valence electrons. The van der Waals surface area contributed by atoms with Gasteiger partial charge in [0.05, 0.1) is 0 Å². The van der Waals surface area contributed by atoms with Crippen molar-refractivity contribution in [1.82, 2.24) is 4.98 Å². The Hall–Kier alpha value is -1.75. The Bertz CT molecular complexity index is 596. The Morgan fingerprint density at radius 2 is 2.06 bits per heavy atom. The zero-order valence-corrected chi connectivity index (χ0v) is 11.6. The standard InChI is InChI=1S/C16H20N2/c1-5-12(4)17-9-14-10-18-16-8-13(11(2)3)6-7-15(14)16/h6-8,10-12H,5H2,1-4H3/p+1. The van der Waals surface area contributed by atoms with Crippen LogP contribution in [0, 0.1) is 6.07 Å². The lowest BCUT2D eigenvalue weighted by molar-refractivity contribution is 0.815. The minimum Gasteiger partial charge on any atom is -0.360 e. The smallest absolute Gasteiger partial charge is 0.313 e. The highest BCUT2D eigenvalue weighted by Crippen LogP contribution is 2.23. The summed E-state index contributed by atoms with van der Waals surface area (Å²) in [5, 5.41) is 1.20. The van der Waals surface area contributed by atoms with Crippen LogP contribution in [0.15, 0.2) is 24.4 Å². The van der Waals surface area contributed by atoms with E-state index in [0.29, 0.717) is 12.0 Å². The first kappa shape index (κ1) is 12.7. The van der Waals surface area contributed by atoms with Gasteiger partial charge in [-0.25, -0.2) is 0 Å². The van der Waals surface area contributed by atoms with Gasteiger partial charge >= 0.3 is 6.07 Å². The van der Waals surface area contributed by atoms with Gasteiger partial charge < -0.3 is 4.98 Å². The second kappa shape index (κ2) is 5.27. The molecule has 18 heavy (non-hydrogen) atoms. The van der Waals surface area contributed by atoms with Gasteiger partial charge in [-0.05, 0) is 17.5 Å². The van der Waals surface area contributed by atoms with E-state index in [4.69, 9.17) is 0 Å². The van der Waals surface area contributed by atoms with Gasteiger partial charge in [-0.3, -0.25) is 0 Å². The molecule has 0 bridgehead atoms. The second-order valence-electron chi connectivity index (χ2n) is 5.16. The van der Waals surface area contributed by atoms with E-state index >= 15 is 0 Å². The fourth-order valence-electron chi connectivity index (χ4n) is 1.87. The Labute approximate surface area is 109 Å². The van der Waals surface area contributed by atoms with Crippen molar-refractivity contribution >= 4 is 10.9 Å². The molecule has 0 saturated heterocycles. The Kier molecular flexibility index (Phi) is 3.72. The molecule has 2 aromatic rings. The summed E-state index contributed by atoms with van der Waals surface area (Å²) in [5.74, 6) is 0.555. The van der Waals surface area contributed by atoms with Crippen LogP contribution < -0.4 is 0 Å². The molecule has 0 aliphatic carbocycles. The molecule has 0 aliphatic heterocycles. The van der Waals surface area contributed by atoms with Crippen LogP contribution >= 0.6 is 0 Å². The van der Waals surface area contributed by atoms with Gasteiger partial charge in [0.2, 0.25) is 0 Å². The lowest BCUT2D eigenvalue weighted by atomic mass is 10.0. The number of hydrogen-bond acceptors (Lipinski definition) is 0. The number of nitrogens with one attached hydrogen (secondary N) is 1. The third-order valence-electron chi connectivity index (χ3n) is 3.37. The maximum absolute atomic E-state index is 4.42. The van der Waals surface area contributed by atoms with Crippen LogP contribution in [0.25, 0.3) is 15.7 Å². The summed E-state index contributed by atoms with van der Waals surface area (Å²) in [6.07, 6.45) is 3.04. The highest BCUT2D eigenvalue weighted by molar-refractivity contribution is 5.86. The number of aromatic nitrogens is 1. The fourth-order valence-corrected chi connectivity index (χ4v) is 1.87. The van der Waals surface area contributed by atoms with Crippen LogP contribution in [0.4, 0.5) is 0 Å². The van der Waals surface area contributed by atoms with Crippen LogP contribution in [-0.4, -0.2) is 11.0 Å². The molecule has 1 atom stereocenters. The molecule has 2 heteroatoms. The molecular weight excluding hydrogens is 220 g/mol. The Morgan fingerprint density at radius 3 is 2.72 bits per heavy atom. The van der Waals surface area contributed by atoms with Gasteiger partial charge in [-0.15, -0.1) is 0 Å². The molecule has 1 unspecified atom stereocenters. The zero-order valence-electron chi connectivity index (χ0n) is 11.6. The molecular formula is C16H21N2+. The Morgan fingerprint density at radius 1 is 1.28 bits per heavy atom. The third kappa shape index (κ3) is 2.56. The van der Waals surface area contributed by atoms with Gasteiger partial charge in [-0.2, -0.15) is 0 Å². The van der Waals surface area contributed by atoms with E-state index in [9.17, 15) is 0 Å². The summed E-state index contributed by atoms with van der Waals surface area (Å²) in [6.45, 7) is 8.67. The number of hydrogen-bond donors (Lipinski definition) is 1. The summed E-state index contributed by atoms with van der Waals surface area (Å²) in [7, 11) is 0. The van der Waals surface area contributed by atoms with E-state index in [1.807, 2.05) is 6.20 Å². The molecule has 1 aromatic heterocycles. The van der Waals surface area contributed by atoms with Crippen molar-refractivity contribution in [2.75, 3.05) is 0 Å². The average molecular weight is 241 g/mol. The van der Waals surface area contributed by atoms with Crippen molar-refractivity contribution in [2.45, 2.75) is 46.1 Å². The van der Waals surface area contributed by atoms with Crippen LogP contribution in [0.3, 0.4) is 0 Å². The van der Waals surface area contributed by atoms with Gasteiger partial charge in [0.15, 0.2) is 0 Å². The van der Waals surface area contributed by atoms with E-state index in [1.165, 1.54) is 16.5 Å². The SMILES string of the molecule is CCC(C)[N+]#Cc1c[nH]c2cc(C(C)C)ccc12. The van der Waals surface area contributed by atoms with Gasteiger partial charge in [0.1, 0.15) is 5.56 Å². The number of fused-ring (bicyclic) bond motifs is 1. The predicted molar refractivity (Wildman–Crippen MR) is 78.5 cm³/mol. The molecule has 2 rings (SSSR count). The molecule has 0 saturated carbocycles. The van der Waals surface area contributed by atoms with E-state index in [2.05, 4.69) is 61.8 Å². The van der Waals surface area contributed by atoms with E-state index in [-0.39, 0.29) is 0 Å². The van der Waals surface area contributed by atoms with Crippen molar-refractivity contribution in [1.29, 1.82) is 0 Å². The first-order valence-electron chi connectivity index (χ1n) is 6.68. The maximum atomic E-state index is 4.42. The number of rotatable bonds is 2.